The third-order valence-corrected chi connectivity index (χ3v) is 3.89. The number of rotatable bonds is 2. The van der Waals surface area contributed by atoms with E-state index in [4.69, 9.17) is 16.3 Å². The van der Waals surface area contributed by atoms with E-state index >= 15 is 0 Å². The number of allylic oxidation sites excluding steroid dienone is 1. The zero-order valence-electron chi connectivity index (χ0n) is 8.28. The van der Waals surface area contributed by atoms with Crippen LogP contribution in [0.25, 0.3) is 0 Å². The van der Waals surface area contributed by atoms with Gasteiger partial charge >= 0.3 is 5.97 Å². The van der Waals surface area contributed by atoms with E-state index < -0.39 is 0 Å². The Labute approximate surface area is 89.3 Å². The van der Waals surface area contributed by atoms with Gasteiger partial charge in [0.2, 0.25) is 0 Å². The fourth-order valence-electron chi connectivity index (χ4n) is 3.18. The maximum absolute atomic E-state index is 11.6. The van der Waals surface area contributed by atoms with Crippen molar-refractivity contribution in [1.82, 2.24) is 0 Å². The molecule has 14 heavy (non-hydrogen) atoms. The second kappa shape index (κ2) is 3.93. The normalized spacial score (nSPS) is 40.7. The Hall–Kier alpha value is -0.500. The molecule has 0 amide bonds. The molecule has 3 heteroatoms. The zero-order valence-corrected chi connectivity index (χ0v) is 9.04. The minimum atomic E-state index is -0.0584. The van der Waals surface area contributed by atoms with Crippen molar-refractivity contribution < 1.29 is 9.53 Å². The second-order valence-electron chi connectivity index (χ2n) is 4.28. The van der Waals surface area contributed by atoms with Crippen LogP contribution in [0.5, 0.6) is 0 Å². The molecule has 2 aliphatic rings. The highest BCUT2D eigenvalue weighted by molar-refractivity contribution is 6.25. The van der Waals surface area contributed by atoms with Crippen LogP contribution in [0.4, 0.5) is 0 Å². The summed E-state index contributed by atoms with van der Waals surface area (Å²) in [6.07, 6.45) is 5.56. The molecule has 0 spiro atoms. The average Bonchev–Trinajstić information content (AvgIpc) is 2.77. The molecule has 2 rings (SSSR count). The third kappa shape index (κ3) is 1.46. The summed E-state index contributed by atoms with van der Waals surface area (Å²) in [7, 11) is 1.47. The standard InChI is InChI=1S/C11H15ClO2/c1-14-11(13)10-8-3-2-7(6-8)9(10)4-5-12/h4-5,7-10H,2-3,6H2,1H3/b5-4+/t7-,8+,9+,10-/m0/s1. The van der Waals surface area contributed by atoms with Gasteiger partial charge in [0.05, 0.1) is 13.0 Å². The average molecular weight is 215 g/mol. The van der Waals surface area contributed by atoms with E-state index in [0.29, 0.717) is 17.8 Å². The van der Waals surface area contributed by atoms with Gasteiger partial charge in [-0.15, -0.1) is 0 Å². The molecule has 0 aromatic carbocycles. The quantitative estimate of drug-likeness (QED) is 0.661. The van der Waals surface area contributed by atoms with E-state index in [-0.39, 0.29) is 11.9 Å². The van der Waals surface area contributed by atoms with Crippen molar-refractivity contribution in [2.75, 3.05) is 7.11 Å². The number of methoxy groups -OCH3 is 1. The Bertz CT molecular complexity index is 262. The van der Waals surface area contributed by atoms with Gasteiger partial charge in [-0.05, 0) is 37.0 Å². The molecule has 78 valence electrons. The number of hydrogen-bond acceptors (Lipinski definition) is 2. The van der Waals surface area contributed by atoms with Crippen molar-refractivity contribution >= 4 is 17.6 Å². The first kappa shape index (κ1) is 10.0. The van der Waals surface area contributed by atoms with Gasteiger partial charge in [-0.2, -0.15) is 0 Å². The van der Waals surface area contributed by atoms with E-state index in [9.17, 15) is 4.79 Å². The molecule has 2 fully saturated rings. The van der Waals surface area contributed by atoms with Gasteiger partial charge in [0, 0.05) is 5.54 Å². The molecule has 2 bridgehead atoms. The number of carbonyl (C=O) groups excluding carboxylic acids is 1. The van der Waals surface area contributed by atoms with Crippen molar-refractivity contribution in [3.05, 3.63) is 11.6 Å². The van der Waals surface area contributed by atoms with Crippen LogP contribution in [0, 0.1) is 23.7 Å². The Morgan fingerprint density at radius 1 is 1.43 bits per heavy atom. The van der Waals surface area contributed by atoms with Crippen molar-refractivity contribution in [2.24, 2.45) is 23.7 Å². The number of fused-ring (bicyclic) bond motifs is 2. The van der Waals surface area contributed by atoms with E-state index in [1.54, 1.807) is 5.54 Å². The lowest BCUT2D eigenvalue weighted by atomic mass is 9.79. The summed E-state index contributed by atoms with van der Waals surface area (Å²) in [4.78, 5) is 11.6. The molecule has 2 aliphatic carbocycles. The summed E-state index contributed by atoms with van der Waals surface area (Å²) in [5, 5.41) is 0. The third-order valence-electron chi connectivity index (χ3n) is 3.75. The van der Waals surface area contributed by atoms with Gasteiger partial charge in [0.15, 0.2) is 0 Å². The highest BCUT2D eigenvalue weighted by Crippen LogP contribution is 2.53. The van der Waals surface area contributed by atoms with Crippen LogP contribution >= 0.6 is 11.6 Å². The second-order valence-corrected chi connectivity index (χ2v) is 4.53. The minimum Gasteiger partial charge on any atom is -0.469 e. The van der Waals surface area contributed by atoms with Crippen molar-refractivity contribution in [2.45, 2.75) is 19.3 Å². The smallest absolute Gasteiger partial charge is 0.309 e. The van der Waals surface area contributed by atoms with Crippen LogP contribution in [-0.2, 0) is 9.53 Å². The molecular formula is C11H15ClO2. The maximum Gasteiger partial charge on any atom is 0.309 e. The Kier molecular flexibility index (Phi) is 2.82. The van der Waals surface area contributed by atoms with Gasteiger partial charge in [-0.1, -0.05) is 17.7 Å². The fourth-order valence-corrected chi connectivity index (χ4v) is 3.35. The van der Waals surface area contributed by atoms with Crippen LogP contribution in [0.2, 0.25) is 0 Å². The number of hydrogen-bond donors (Lipinski definition) is 0. The Morgan fingerprint density at radius 3 is 2.79 bits per heavy atom. The van der Waals surface area contributed by atoms with E-state index in [1.807, 2.05) is 6.08 Å². The minimum absolute atomic E-state index is 0.0584. The molecule has 2 nitrogen and oxygen atoms in total. The number of esters is 1. The molecule has 0 radical (unpaired) electrons. The summed E-state index contributed by atoms with van der Waals surface area (Å²) in [5.41, 5.74) is 1.54. The van der Waals surface area contributed by atoms with E-state index in [1.165, 1.54) is 26.4 Å². The van der Waals surface area contributed by atoms with Crippen LogP contribution in [0.3, 0.4) is 0 Å². The molecule has 0 heterocycles. The molecule has 0 unspecified atom stereocenters. The first-order chi connectivity index (χ1) is 6.77. The predicted octanol–water partition coefficient (Wildman–Crippen LogP) is 2.57. The summed E-state index contributed by atoms with van der Waals surface area (Å²) >= 11 is 5.60. The van der Waals surface area contributed by atoms with Crippen LogP contribution in [0.15, 0.2) is 11.6 Å². The summed E-state index contributed by atoms with van der Waals surface area (Å²) in [5.74, 6) is 1.51. The lowest BCUT2D eigenvalue weighted by Gasteiger charge is -2.26. The van der Waals surface area contributed by atoms with Gasteiger partial charge in [0.25, 0.3) is 0 Å². The summed E-state index contributed by atoms with van der Waals surface area (Å²) in [6.45, 7) is 0. The van der Waals surface area contributed by atoms with E-state index in [0.717, 1.165) is 0 Å². The molecule has 4 atom stereocenters. The van der Waals surface area contributed by atoms with Gasteiger partial charge in [-0.3, -0.25) is 4.79 Å². The summed E-state index contributed by atoms with van der Waals surface area (Å²) in [6, 6.07) is 0. The molecule has 0 aromatic heterocycles. The Balaban J connectivity index is 2.17. The van der Waals surface area contributed by atoms with Crippen molar-refractivity contribution in [3.63, 3.8) is 0 Å². The molecule has 2 saturated carbocycles. The highest BCUT2D eigenvalue weighted by Gasteiger charge is 2.50. The topological polar surface area (TPSA) is 26.3 Å². The SMILES string of the molecule is COC(=O)[C@H]1[C@@H]2CC[C@@H](C2)[C@H]1/C=C/Cl. The largest absolute Gasteiger partial charge is 0.469 e. The maximum atomic E-state index is 11.6. The first-order valence-corrected chi connectivity index (χ1v) is 5.56. The predicted molar refractivity (Wildman–Crippen MR) is 54.8 cm³/mol. The Morgan fingerprint density at radius 2 is 2.14 bits per heavy atom. The van der Waals surface area contributed by atoms with Crippen molar-refractivity contribution in [1.29, 1.82) is 0 Å². The number of halogens is 1. The zero-order chi connectivity index (χ0) is 10.1. The molecule has 0 aliphatic heterocycles. The molecule has 0 aromatic rings. The van der Waals surface area contributed by atoms with Crippen LogP contribution < -0.4 is 0 Å². The number of carbonyl (C=O) groups is 1. The molecule has 0 N–H and O–H groups in total. The molecule has 0 saturated heterocycles. The summed E-state index contributed by atoms with van der Waals surface area (Å²) < 4.78 is 4.85. The monoisotopic (exact) mass is 214 g/mol. The van der Waals surface area contributed by atoms with Gasteiger partial charge < -0.3 is 4.74 Å². The van der Waals surface area contributed by atoms with Crippen LogP contribution in [-0.4, -0.2) is 13.1 Å². The highest BCUT2D eigenvalue weighted by atomic mass is 35.5. The van der Waals surface area contributed by atoms with E-state index in [2.05, 4.69) is 0 Å². The van der Waals surface area contributed by atoms with Gasteiger partial charge in [-0.25, -0.2) is 0 Å². The van der Waals surface area contributed by atoms with Crippen molar-refractivity contribution in [3.8, 4) is 0 Å². The lowest BCUT2D eigenvalue weighted by molar-refractivity contribution is -0.148. The fraction of sp³-hybridized carbons (Fsp3) is 0.727. The van der Waals surface area contributed by atoms with Gasteiger partial charge in [0.1, 0.15) is 0 Å². The number of ether oxygens (including phenoxy) is 1. The molecular weight excluding hydrogens is 200 g/mol. The lowest BCUT2D eigenvalue weighted by Crippen LogP contribution is -2.29. The van der Waals surface area contributed by atoms with Crippen LogP contribution in [0.1, 0.15) is 19.3 Å². The first-order valence-electron chi connectivity index (χ1n) is 5.12.